The molecule has 11 heteroatoms. The Morgan fingerprint density at radius 1 is 1.21 bits per heavy atom. The van der Waals surface area contributed by atoms with Crippen LogP contribution < -0.4 is 16.4 Å². The summed E-state index contributed by atoms with van der Waals surface area (Å²) < 4.78 is 11.0. The Morgan fingerprint density at radius 2 is 1.90 bits per heavy atom. The maximum absolute atomic E-state index is 13.6. The van der Waals surface area contributed by atoms with Gasteiger partial charge in [0.1, 0.15) is 6.10 Å². The Bertz CT molecular complexity index is 1180. The second-order valence-corrected chi connectivity index (χ2v) is 11.3. The summed E-state index contributed by atoms with van der Waals surface area (Å²) >= 11 is 0. The minimum atomic E-state index is -0.925. The van der Waals surface area contributed by atoms with Gasteiger partial charge in [-0.3, -0.25) is 14.4 Å². The molecule has 0 fully saturated rings. The lowest BCUT2D eigenvalue weighted by Crippen LogP contribution is -2.38. The fourth-order valence-corrected chi connectivity index (χ4v) is 4.92. The van der Waals surface area contributed by atoms with E-state index in [2.05, 4.69) is 10.6 Å². The number of aliphatic hydroxyl groups excluding tert-OH is 1. The summed E-state index contributed by atoms with van der Waals surface area (Å²) in [6.45, 7) is 8.23. The first-order valence-corrected chi connectivity index (χ1v) is 14.2. The third-order valence-electron chi connectivity index (χ3n) is 7.34. The lowest BCUT2D eigenvalue weighted by molar-refractivity contribution is -0.120. The van der Waals surface area contributed by atoms with E-state index in [1.54, 1.807) is 32.1 Å². The number of likely N-dealkylation sites (N-methyl/N-ethyl adjacent to an activating group) is 1. The molecule has 1 aliphatic carbocycles. The van der Waals surface area contributed by atoms with E-state index in [9.17, 15) is 24.3 Å². The molecule has 0 aromatic carbocycles. The highest BCUT2D eigenvalue weighted by Gasteiger charge is 2.33. The number of fused-ring (bicyclic) bond motifs is 2. The zero-order valence-corrected chi connectivity index (χ0v) is 25.7. The van der Waals surface area contributed by atoms with Crippen molar-refractivity contribution in [2.24, 2.45) is 17.6 Å². The molecule has 1 heterocycles. The van der Waals surface area contributed by atoms with Crippen molar-refractivity contribution < 1.29 is 33.8 Å². The molecular formula is C31H46N4O7. The van der Waals surface area contributed by atoms with E-state index in [4.69, 9.17) is 15.2 Å². The number of amides is 2. The summed E-state index contributed by atoms with van der Waals surface area (Å²) in [4.78, 5) is 53.2. The summed E-state index contributed by atoms with van der Waals surface area (Å²) in [7, 11) is 5.33. The number of carbonyl (C=O) groups is 4. The average Bonchev–Trinajstić information content (AvgIpc) is 2.91. The fraction of sp³-hybridized carbons (Fsp3) is 0.548. The molecule has 2 rings (SSSR count). The highest BCUT2D eigenvalue weighted by atomic mass is 16.6. The number of nitrogens with one attached hydrogen (secondary N) is 2. The van der Waals surface area contributed by atoms with Gasteiger partial charge in [0.05, 0.1) is 23.6 Å². The first-order chi connectivity index (χ1) is 19.7. The molecule has 0 aromatic rings. The van der Waals surface area contributed by atoms with E-state index in [0.29, 0.717) is 30.7 Å². The summed E-state index contributed by atoms with van der Waals surface area (Å²) in [5, 5.41) is 16.9. The van der Waals surface area contributed by atoms with Crippen molar-refractivity contribution in [2.45, 2.75) is 65.3 Å². The zero-order chi connectivity index (χ0) is 31.6. The highest BCUT2D eigenvalue weighted by molar-refractivity contribution is 6.23. The minimum Gasteiger partial charge on any atom is -0.442 e. The number of hydrogen-bond donors (Lipinski definition) is 4. The lowest BCUT2D eigenvalue weighted by atomic mass is 9.85. The van der Waals surface area contributed by atoms with Crippen LogP contribution in [0.1, 0.15) is 47.0 Å². The smallest absolute Gasteiger partial charge is 0.405 e. The maximum atomic E-state index is 13.6. The number of nitrogens with zero attached hydrogens (tertiary/aromatic N) is 1. The van der Waals surface area contributed by atoms with Crippen LogP contribution >= 0.6 is 0 Å². The van der Waals surface area contributed by atoms with Crippen molar-refractivity contribution in [3.8, 4) is 0 Å². The minimum absolute atomic E-state index is 0.0910. The monoisotopic (exact) mass is 586 g/mol. The number of methoxy groups -OCH3 is 1. The van der Waals surface area contributed by atoms with Gasteiger partial charge in [-0.15, -0.1) is 0 Å². The number of Topliss-reactive ketones (excluding diaryl/α,β-unsaturated/α-hetero) is 1. The summed E-state index contributed by atoms with van der Waals surface area (Å²) in [5.74, 6) is -1.90. The number of ketones is 2. The third-order valence-corrected chi connectivity index (χ3v) is 7.34. The number of hydrogen-bond acceptors (Lipinski definition) is 9. The average molecular weight is 587 g/mol. The molecule has 0 saturated heterocycles. The quantitative estimate of drug-likeness (QED) is 0.270. The molecule has 232 valence electrons. The molecule has 5 atom stereocenters. The van der Waals surface area contributed by atoms with E-state index in [1.807, 2.05) is 38.9 Å². The van der Waals surface area contributed by atoms with Crippen LogP contribution in [0.4, 0.5) is 4.79 Å². The molecule has 1 aliphatic heterocycles. The summed E-state index contributed by atoms with van der Waals surface area (Å²) in [6, 6.07) is 0. The van der Waals surface area contributed by atoms with Crippen molar-refractivity contribution in [2.75, 3.05) is 34.3 Å². The predicted molar refractivity (Wildman–Crippen MR) is 160 cm³/mol. The van der Waals surface area contributed by atoms with Gasteiger partial charge in [0, 0.05) is 49.8 Å². The summed E-state index contributed by atoms with van der Waals surface area (Å²) in [5.41, 5.74) is 6.71. The lowest BCUT2D eigenvalue weighted by Gasteiger charge is -2.29. The second kappa shape index (κ2) is 16.2. The normalized spacial score (nSPS) is 30.1. The van der Waals surface area contributed by atoms with Crippen molar-refractivity contribution in [3.05, 3.63) is 58.5 Å². The van der Waals surface area contributed by atoms with Crippen LogP contribution in [0.15, 0.2) is 58.5 Å². The molecule has 42 heavy (non-hydrogen) atoms. The number of aliphatic hydroxyl groups is 1. The number of ether oxygens (including phenoxy) is 2. The topological polar surface area (TPSA) is 160 Å². The Morgan fingerprint density at radius 3 is 2.52 bits per heavy atom. The largest absolute Gasteiger partial charge is 0.442 e. The summed E-state index contributed by atoms with van der Waals surface area (Å²) in [6.07, 6.45) is 5.69. The van der Waals surface area contributed by atoms with Crippen molar-refractivity contribution >= 4 is 23.6 Å². The van der Waals surface area contributed by atoms with Crippen LogP contribution in [-0.4, -0.2) is 86.2 Å². The van der Waals surface area contributed by atoms with Crippen molar-refractivity contribution in [1.29, 1.82) is 0 Å². The van der Waals surface area contributed by atoms with Gasteiger partial charge in [-0.25, -0.2) is 4.79 Å². The number of primary amides is 1. The molecule has 2 aliphatic rings. The standard InChI is InChI=1S/C31H46N4O7/c1-18-14-22-27(33-12-13-35(5)6)24(36)17-23(29(22)38)34-30(39)19(2)10-8-9-11-25(42-31(32)40)20(3)16-21(4)28(37)26(15-18)41-7/h8-10,16-18,21,25-26,28,33,37H,11-15H2,1-7H3,(H2,32,40)(H,34,39)/b9-8-,19-10+,20-16+/t18-,21+,25-,26+,28-/m1/s1. The van der Waals surface area contributed by atoms with Crippen LogP contribution in [0.5, 0.6) is 0 Å². The van der Waals surface area contributed by atoms with Gasteiger partial charge in [-0.1, -0.05) is 38.2 Å². The molecule has 0 saturated carbocycles. The van der Waals surface area contributed by atoms with E-state index >= 15 is 0 Å². The molecule has 2 amide bonds. The molecular weight excluding hydrogens is 540 g/mol. The molecule has 0 radical (unpaired) electrons. The van der Waals surface area contributed by atoms with Crippen LogP contribution in [0.25, 0.3) is 0 Å². The molecule has 0 spiro atoms. The Labute approximate surface area is 248 Å². The number of carbonyl (C=O) groups excluding carboxylic acids is 4. The Kier molecular flexibility index (Phi) is 13.4. The fourth-order valence-electron chi connectivity index (χ4n) is 4.92. The zero-order valence-electron chi connectivity index (χ0n) is 25.7. The van der Waals surface area contributed by atoms with Gasteiger partial charge in [0.25, 0.3) is 5.91 Å². The van der Waals surface area contributed by atoms with Gasteiger partial charge in [-0.05, 0) is 52.3 Å². The van der Waals surface area contributed by atoms with Gasteiger partial charge >= 0.3 is 6.09 Å². The number of nitrogens with two attached hydrogens (primary N) is 1. The molecule has 11 nitrogen and oxygen atoms in total. The van der Waals surface area contributed by atoms with Gasteiger partial charge in [-0.2, -0.15) is 0 Å². The van der Waals surface area contributed by atoms with Crippen molar-refractivity contribution in [3.63, 3.8) is 0 Å². The van der Waals surface area contributed by atoms with Gasteiger partial charge in [0.15, 0.2) is 0 Å². The number of rotatable bonds is 6. The predicted octanol–water partition coefficient (Wildman–Crippen LogP) is 2.29. The van der Waals surface area contributed by atoms with Crippen LogP contribution in [0.2, 0.25) is 0 Å². The molecule has 5 N–H and O–H groups in total. The SMILES string of the molecule is CO[C@H]1C[C@H](C)CC2=C(NCCN(C)C)C(=O)C=C(NC(=O)/C(C)=C/C=C\C[C@@H](OC(N)=O)/C(C)=C/[C@H](C)[C@H]1O)C2=O. The van der Waals surface area contributed by atoms with E-state index in [1.165, 1.54) is 7.11 Å². The van der Waals surface area contributed by atoms with Crippen molar-refractivity contribution in [1.82, 2.24) is 15.5 Å². The molecule has 2 bridgehead atoms. The van der Waals surface area contributed by atoms with Crippen LogP contribution in [0, 0.1) is 11.8 Å². The second-order valence-electron chi connectivity index (χ2n) is 11.3. The van der Waals surface area contributed by atoms with E-state index < -0.39 is 41.9 Å². The first kappa shape index (κ1) is 34.7. The van der Waals surface area contributed by atoms with Crippen LogP contribution in [-0.2, 0) is 23.9 Å². The van der Waals surface area contributed by atoms with Gasteiger partial charge < -0.3 is 35.8 Å². The highest BCUT2D eigenvalue weighted by Crippen LogP contribution is 2.28. The van der Waals surface area contributed by atoms with E-state index in [-0.39, 0.29) is 41.6 Å². The number of allylic oxidation sites excluding steroid dienone is 4. The molecule has 0 unspecified atom stereocenters. The third kappa shape index (κ3) is 10.1. The Balaban J connectivity index is 2.53. The van der Waals surface area contributed by atoms with Gasteiger partial charge in [0.2, 0.25) is 11.6 Å². The Hall–Kier alpha value is -3.54. The first-order valence-electron chi connectivity index (χ1n) is 14.2. The maximum Gasteiger partial charge on any atom is 0.405 e. The molecule has 0 aromatic heterocycles. The van der Waals surface area contributed by atoms with Crippen LogP contribution in [0.3, 0.4) is 0 Å². The van der Waals surface area contributed by atoms with E-state index in [0.717, 1.165) is 6.08 Å².